The summed E-state index contributed by atoms with van der Waals surface area (Å²) in [5.74, 6) is 0.584. The number of carboxylic acid groups (broad SMARTS) is 1. The number of hydrogen-bond acceptors (Lipinski definition) is 4. The minimum Gasteiger partial charge on any atom is -0.476 e. The van der Waals surface area contributed by atoms with E-state index >= 15 is 0 Å². The van der Waals surface area contributed by atoms with E-state index in [9.17, 15) is 4.79 Å². The molecular formula is C14H21N3O2. The summed E-state index contributed by atoms with van der Waals surface area (Å²) in [4.78, 5) is 12.9. The van der Waals surface area contributed by atoms with Crippen molar-refractivity contribution in [3.05, 3.63) is 17.8 Å². The van der Waals surface area contributed by atoms with Gasteiger partial charge in [-0.2, -0.15) is 0 Å². The van der Waals surface area contributed by atoms with Crippen molar-refractivity contribution in [2.45, 2.75) is 45.1 Å². The normalized spacial score (nSPS) is 23.1. The Morgan fingerprint density at radius 1 is 1.32 bits per heavy atom. The average molecular weight is 263 g/mol. The largest absolute Gasteiger partial charge is 0.476 e. The molecule has 0 saturated heterocycles. The van der Waals surface area contributed by atoms with Gasteiger partial charge in [-0.3, -0.25) is 0 Å². The smallest absolute Gasteiger partial charge is 0.356 e. The highest BCUT2D eigenvalue weighted by molar-refractivity contribution is 5.85. The topological polar surface area (TPSA) is 66.3 Å². The summed E-state index contributed by atoms with van der Waals surface area (Å²) in [5, 5.41) is 16.5. The highest BCUT2D eigenvalue weighted by Crippen LogP contribution is 2.30. The first-order valence-electron chi connectivity index (χ1n) is 6.91. The zero-order chi connectivity index (χ0) is 13.8. The molecule has 0 atom stereocenters. The molecule has 1 aliphatic carbocycles. The van der Waals surface area contributed by atoms with Crippen molar-refractivity contribution in [2.75, 3.05) is 11.9 Å². The summed E-state index contributed by atoms with van der Waals surface area (Å²) in [7, 11) is 2.02. The van der Waals surface area contributed by atoms with Gasteiger partial charge in [-0.15, -0.1) is 10.2 Å². The standard InChI is InChI=1S/C14H21N3O2/c1-3-10-4-6-11(7-5-10)17(2)13-9-8-12(14(18)19)15-16-13/h8-11H,3-7H2,1-2H3,(H,18,19). The van der Waals surface area contributed by atoms with Crippen LogP contribution in [0.2, 0.25) is 0 Å². The first-order chi connectivity index (χ1) is 9.11. The van der Waals surface area contributed by atoms with Crippen LogP contribution in [-0.2, 0) is 0 Å². The van der Waals surface area contributed by atoms with Gasteiger partial charge in [0, 0.05) is 13.1 Å². The third-order valence-electron chi connectivity index (χ3n) is 4.17. The maximum atomic E-state index is 10.7. The van der Waals surface area contributed by atoms with E-state index in [0.717, 1.165) is 11.7 Å². The Balaban J connectivity index is 1.99. The van der Waals surface area contributed by atoms with Crippen LogP contribution in [-0.4, -0.2) is 34.4 Å². The number of rotatable bonds is 4. The molecule has 1 aromatic rings. The van der Waals surface area contributed by atoms with E-state index in [2.05, 4.69) is 22.0 Å². The molecule has 19 heavy (non-hydrogen) atoms. The van der Waals surface area contributed by atoms with Crippen LogP contribution in [0.5, 0.6) is 0 Å². The molecule has 0 bridgehead atoms. The van der Waals surface area contributed by atoms with E-state index in [-0.39, 0.29) is 5.69 Å². The van der Waals surface area contributed by atoms with Crippen molar-refractivity contribution in [1.29, 1.82) is 0 Å². The first kappa shape index (κ1) is 13.8. The van der Waals surface area contributed by atoms with Crippen LogP contribution in [0.15, 0.2) is 12.1 Å². The molecule has 5 heteroatoms. The molecule has 1 fully saturated rings. The van der Waals surface area contributed by atoms with Crippen LogP contribution in [0, 0.1) is 5.92 Å². The molecule has 0 unspecified atom stereocenters. The molecule has 1 heterocycles. The van der Waals surface area contributed by atoms with E-state index in [0.29, 0.717) is 6.04 Å². The van der Waals surface area contributed by atoms with E-state index in [1.54, 1.807) is 6.07 Å². The Morgan fingerprint density at radius 2 is 2.00 bits per heavy atom. The Bertz CT molecular complexity index is 425. The van der Waals surface area contributed by atoms with Gasteiger partial charge in [0.25, 0.3) is 0 Å². The molecular weight excluding hydrogens is 242 g/mol. The van der Waals surface area contributed by atoms with Crippen molar-refractivity contribution in [3.8, 4) is 0 Å². The number of anilines is 1. The Hall–Kier alpha value is -1.65. The van der Waals surface area contributed by atoms with E-state index < -0.39 is 5.97 Å². The fraction of sp³-hybridized carbons (Fsp3) is 0.643. The molecule has 0 aromatic carbocycles. The van der Waals surface area contributed by atoms with Gasteiger partial charge in [-0.05, 0) is 43.7 Å². The van der Waals surface area contributed by atoms with Gasteiger partial charge in [0.05, 0.1) is 0 Å². The lowest BCUT2D eigenvalue weighted by Crippen LogP contribution is -2.35. The fourth-order valence-corrected chi connectivity index (χ4v) is 2.75. The number of carbonyl (C=O) groups is 1. The Labute approximate surface area is 113 Å². The number of aromatic nitrogens is 2. The maximum absolute atomic E-state index is 10.7. The molecule has 0 aliphatic heterocycles. The monoisotopic (exact) mass is 263 g/mol. The molecule has 1 aromatic heterocycles. The summed E-state index contributed by atoms with van der Waals surface area (Å²) in [6.07, 6.45) is 6.16. The van der Waals surface area contributed by atoms with Gasteiger partial charge >= 0.3 is 5.97 Å². The average Bonchev–Trinajstić information content (AvgIpc) is 2.46. The summed E-state index contributed by atoms with van der Waals surface area (Å²) in [6.45, 7) is 2.25. The molecule has 0 spiro atoms. The van der Waals surface area contributed by atoms with Crippen molar-refractivity contribution in [2.24, 2.45) is 5.92 Å². The van der Waals surface area contributed by atoms with Crippen molar-refractivity contribution < 1.29 is 9.90 Å². The van der Waals surface area contributed by atoms with Crippen molar-refractivity contribution >= 4 is 11.8 Å². The summed E-state index contributed by atoms with van der Waals surface area (Å²) < 4.78 is 0. The molecule has 2 rings (SSSR count). The van der Waals surface area contributed by atoms with Crippen LogP contribution < -0.4 is 4.90 Å². The quantitative estimate of drug-likeness (QED) is 0.904. The van der Waals surface area contributed by atoms with E-state index in [1.165, 1.54) is 38.2 Å². The van der Waals surface area contributed by atoms with Gasteiger partial charge in [0.2, 0.25) is 0 Å². The fourth-order valence-electron chi connectivity index (χ4n) is 2.75. The minimum atomic E-state index is -1.04. The molecule has 104 valence electrons. The van der Waals surface area contributed by atoms with Crippen LogP contribution in [0.4, 0.5) is 5.82 Å². The number of carboxylic acids is 1. The van der Waals surface area contributed by atoms with Crippen molar-refractivity contribution in [1.82, 2.24) is 10.2 Å². The van der Waals surface area contributed by atoms with Gasteiger partial charge in [-0.1, -0.05) is 13.3 Å². The lowest BCUT2D eigenvalue weighted by Gasteiger charge is -2.34. The van der Waals surface area contributed by atoms with E-state index in [4.69, 9.17) is 5.11 Å². The van der Waals surface area contributed by atoms with Crippen LogP contribution in [0.1, 0.15) is 49.5 Å². The predicted octanol–water partition coefficient (Wildman–Crippen LogP) is 2.58. The zero-order valence-electron chi connectivity index (χ0n) is 11.5. The van der Waals surface area contributed by atoms with Crippen LogP contribution in [0.3, 0.4) is 0 Å². The molecule has 1 saturated carbocycles. The molecule has 0 amide bonds. The van der Waals surface area contributed by atoms with Gasteiger partial charge < -0.3 is 10.0 Å². The summed E-state index contributed by atoms with van der Waals surface area (Å²) in [5.41, 5.74) is -0.00755. The Kier molecular flexibility index (Phi) is 4.35. The first-order valence-corrected chi connectivity index (χ1v) is 6.91. The predicted molar refractivity (Wildman–Crippen MR) is 73.4 cm³/mol. The van der Waals surface area contributed by atoms with Gasteiger partial charge in [0.1, 0.15) is 0 Å². The molecule has 5 nitrogen and oxygen atoms in total. The van der Waals surface area contributed by atoms with Gasteiger partial charge in [0.15, 0.2) is 11.5 Å². The van der Waals surface area contributed by atoms with Crippen molar-refractivity contribution in [3.63, 3.8) is 0 Å². The molecule has 0 radical (unpaired) electrons. The molecule has 1 N–H and O–H groups in total. The second-order valence-corrected chi connectivity index (χ2v) is 5.28. The lowest BCUT2D eigenvalue weighted by atomic mass is 9.84. The number of aromatic carboxylic acids is 1. The second kappa shape index (κ2) is 5.99. The van der Waals surface area contributed by atoms with Crippen LogP contribution in [0.25, 0.3) is 0 Å². The SMILES string of the molecule is CCC1CCC(N(C)c2ccc(C(=O)O)nn2)CC1. The third kappa shape index (κ3) is 3.22. The lowest BCUT2D eigenvalue weighted by molar-refractivity contribution is 0.0689. The zero-order valence-corrected chi connectivity index (χ0v) is 11.5. The highest BCUT2D eigenvalue weighted by atomic mass is 16.4. The van der Waals surface area contributed by atoms with Crippen LogP contribution >= 0.6 is 0 Å². The number of nitrogens with zero attached hydrogens (tertiary/aromatic N) is 3. The Morgan fingerprint density at radius 3 is 2.47 bits per heavy atom. The molecule has 1 aliphatic rings. The third-order valence-corrected chi connectivity index (χ3v) is 4.17. The highest BCUT2D eigenvalue weighted by Gasteiger charge is 2.24. The summed E-state index contributed by atoms with van der Waals surface area (Å²) in [6, 6.07) is 3.74. The summed E-state index contributed by atoms with van der Waals surface area (Å²) >= 11 is 0. The number of hydrogen-bond donors (Lipinski definition) is 1. The van der Waals surface area contributed by atoms with E-state index in [1.807, 2.05) is 7.05 Å². The second-order valence-electron chi connectivity index (χ2n) is 5.28. The maximum Gasteiger partial charge on any atom is 0.356 e. The van der Waals surface area contributed by atoms with Gasteiger partial charge in [-0.25, -0.2) is 4.79 Å². The minimum absolute atomic E-state index is 0.00755.